The molecule has 0 radical (unpaired) electrons. The van der Waals surface area contributed by atoms with Gasteiger partial charge in [0.1, 0.15) is 11.6 Å². The number of aromatic nitrogens is 2. The van der Waals surface area contributed by atoms with Crippen molar-refractivity contribution in [2.24, 2.45) is 5.92 Å². The summed E-state index contributed by atoms with van der Waals surface area (Å²) < 4.78 is 7.59. The summed E-state index contributed by atoms with van der Waals surface area (Å²) in [4.78, 5) is 21.5. The van der Waals surface area contributed by atoms with E-state index in [9.17, 15) is 4.79 Å². The highest BCUT2D eigenvalue weighted by molar-refractivity contribution is 5.78. The molecule has 1 saturated heterocycles. The lowest BCUT2D eigenvalue weighted by Crippen LogP contribution is -2.42. The minimum absolute atomic E-state index is 0.0770. The van der Waals surface area contributed by atoms with Crippen molar-refractivity contribution in [1.29, 1.82) is 0 Å². The summed E-state index contributed by atoms with van der Waals surface area (Å²) in [6, 6.07) is 16.5. The summed E-state index contributed by atoms with van der Waals surface area (Å²) in [6.07, 6.45) is 2.01. The van der Waals surface area contributed by atoms with Crippen LogP contribution in [0.3, 0.4) is 0 Å². The molecule has 1 aliphatic rings. The van der Waals surface area contributed by atoms with E-state index in [2.05, 4.69) is 39.8 Å². The van der Waals surface area contributed by atoms with Crippen LogP contribution in [-0.4, -0.2) is 59.6 Å². The van der Waals surface area contributed by atoms with E-state index in [0.29, 0.717) is 0 Å². The maximum atomic E-state index is 12.5. The standard InChI is InChI=1S/C24H30N4O2/c1-26(2)24(29)19-7-6-14-27(16-19)17-23-25-21-8-4-5-9-22(21)28(23)15-18-10-12-20(30-3)13-11-18/h4-5,8-13,19H,6-7,14-17H2,1-3H3/t19-/m1/s1. The van der Waals surface area contributed by atoms with Crippen LogP contribution in [0.1, 0.15) is 24.2 Å². The number of hydrogen-bond acceptors (Lipinski definition) is 4. The molecule has 2 aromatic carbocycles. The Balaban J connectivity index is 1.59. The number of methoxy groups -OCH3 is 1. The van der Waals surface area contributed by atoms with E-state index in [1.807, 2.05) is 32.3 Å². The number of piperidine rings is 1. The molecule has 0 spiro atoms. The molecule has 2 heterocycles. The summed E-state index contributed by atoms with van der Waals surface area (Å²) in [7, 11) is 5.37. The highest BCUT2D eigenvalue weighted by Gasteiger charge is 2.27. The topological polar surface area (TPSA) is 50.6 Å². The van der Waals surface area contributed by atoms with Gasteiger partial charge in [0.25, 0.3) is 0 Å². The molecule has 0 bridgehead atoms. The molecule has 158 valence electrons. The van der Waals surface area contributed by atoms with Crippen LogP contribution in [0.4, 0.5) is 0 Å². The molecular weight excluding hydrogens is 376 g/mol. The zero-order valence-corrected chi connectivity index (χ0v) is 18.0. The molecule has 4 rings (SSSR count). The molecule has 1 amide bonds. The fourth-order valence-corrected chi connectivity index (χ4v) is 4.30. The third kappa shape index (κ3) is 4.33. The molecule has 0 N–H and O–H groups in total. The van der Waals surface area contributed by atoms with E-state index in [4.69, 9.17) is 9.72 Å². The van der Waals surface area contributed by atoms with Gasteiger partial charge in [-0.15, -0.1) is 0 Å². The number of hydrogen-bond donors (Lipinski definition) is 0. The van der Waals surface area contributed by atoms with Crippen molar-refractivity contribution in [2.75, 3.05) is 34.3 Å². The maximum Gasteiger partial charge on any atom is 0.226 e. The fraction of sp³-hybridized carbons (Fsp3) is 0.417. The minimum atomic E-state index is 0.0770. The molecule has 1 fully saturated rings. The quantitative estimate of drug-likeness (QED) is 0.630. The van der Waals surface area contributed by atoms with Crippen LogP contribution >= 0.6 is 0 Å². The monoisotopic (exact) mass is 406 g/mol. The molecule has 3 aromatic rings. The van der Waals surface area contributed by atoms with Gasteiger partial charge in [0.2, 0.25) is 5.91 Å². The fourth-order valence-electron chi connectivity index (χ4n) is 4.30. The van der Waals surface area contributed by atoms with E-state index < -0.39 is 0 Å². The Morgan fingerprint density at radius 2 is 1.90 bits per heavy atom. The van der Waals surface area contributed by atoms with E-state index in [1.165, 1.54) is 5.56 Å². The Labute approximate surface area is 178 Å². The molecule has 0 aliphatic carbocycles. The second-order valence-electron chi connectivity index (χ2n) is 8.26. The van der Waals surface area contributed by atoms with Gasteiger partial charge >= 0.3 is 0 Å². The van der Waals surface area contributed by atoms with Crippen LogP contribution in [0.5, 0.6) is 5.75 Å². The van der Waals surface area contributed by atoms with Gasteiger partial charge in [-0.3, -0.25) is 9.69 Å². The summed E-state index contributed by atoms with van der Waals surface area (Å²) in [5.74, 6) is 2.21. The highest BCUT2D eigenvalue weighted by atomic mass is 16.5. The predicted molar refractivity (Wildman–Crippen MR) is 119 cm³/mol. The van der Waals surface area contributed by atoms with E-state index in [1.54, 1.807) is 12.0 Å². The molecule has 30 heavy (non-hydrogen) atoms. The van der Waals surface area contributed by atoms with E-state index in [0.717, 1.165) is 61.6 Å². The molecule has 6 nitrogen and oxygen atoms in total. The van der Waals surface area contributed by atoms with Gasteiger partial charge in [0, 0.05) is 27.2 Å². The van der Waals surface area contributed by atoms with Gasteiger partial charge < -0.3 is 14.2 Å². The summed E-state index contributed by atoms with van der Waals surface area (Å²) in [5, 5.41) is 0. The largest absolute Gasteiger partial charge is 0.497 e. The van der Waals surface area contributed by atoms with E-state index in [-0.39, 0.29) is 11.8 Å². The molecular formula is C24H30N4O2. The van der Waals surface area contributed by atoms with Crippen LogP contribution in [0, 0.1) is 5.92 Å². The summed E-state index contributed by atoms with van der Waals surface area (Å²) in [5.41, 5.74) is 3.36. The summed E-state index contributed by atoms with van der Waals surface area (Å²) in [6.45, 7) is 3.31. The Morgan fingerprint density at radius 3 is 2.63 bits per heavy atom. The third-order valence-electron chi connectivity index (χ3n) is 5.89. The van der Waals surface area contributed by atoms with Crippen molar-refractivity contribution >= 4 is 16.9 Å². The molecule has 1 aliphatic heterocycles. The van der Waals surface area contributed by atoms with Gasteiger partial charge in [-0.2, -0.15) is 0 Å². The number of fused-ring (bicyclic) bond motifs is 1. The van der Waals surface area contributed by atoms with Crippen molar-refractivity contribution in [3.63, 3.8) is 0 Å². The van der Waals surface area contributed by atoms with Gasteiger partial charge in [-0.25, -0.2) is 4.98 Å². The minimum Gasteiger partial charge on any atom is -0.497 e. The number of carbonyl (C=O) groups excluding carboxylic acids is 1. The second-order valence-corrected chi connectivity index (χ2v) is 8.26. The lowest BCUT2D eigenvalue weighted by Gasteiger charge is -2.33. The van der Waals surface area contributed by atoms with Crippen LogP contribution in [0.25, 0.3) is 11.0 Å². The zero-order valence-electron chi connectivity index (χ0n) is 18.0. The Kier molecular flexibility index (Phi) is 6.04. The predicted octanol–water partition coefficient (Wildman–Crippen LogP) is 3.39. The van der Waals surface area contributed by atoms with Gasteiger partial charge in [0.05, 0.1) is 30.6 Å². The van der Waals surface area contributed by atoms with Crippen LogP contribution in [0.15, 0.2) is 48.5 Å². The number of para-hydroxylation sites is 2. The number of ether oxygens (including phenoxy) is 1. The highest BCUT2D eigenvalue weighted by Crippen LogP contribution is 2.23. The number of nitrogens with zero attached hydrogens (tertiary/aromatic N) is 4. The van der Waals surface area contributed by atoms with Gasteiger partial charge in [-0.05, 0) is 49.2 Å². The Morgan fingerprint density at radius 1 is 1.13 bits per heavy atom. The average molecular weight is 407 g/mol. The van der Waals surface area contributed by atoms with E-state index >= 15 is 0 Å². The molecule has 0 saturated carbocycles. The first-order chi connectivity index (χ1) is 14.5. The maximum absolute atomic E-state index is 12.5. The van der Waals surface area contributed by atoms with Crippen molar-refractivity contribution < 1.29 is 9.53 Å². The van der Waals surface area contributed by atoms with Gasteiger partial charge in [0.15, 0.2) is 0 Å². The smallest absolute Gasteiger partial charge is 0.226 e. The Bertz CT molecular complexity index is 1010. The van der Waals surface area contributed by atoms with Crippen LogP contribution < -0.4 is 4.74 Å². The SMILES string of the molecule is COc1ccc(Cn2c(CN3CCC[C@@H](C(=O)N(C)C)C3)nc3ccccc32)cc1. The molecule has 1 aromatic heterocycles. The lowest BCUT2D eigenvalue weighted by atomic mass is 9.97. The second kappa shape index (κ2) is 8.88. The number of imidazole rings is 1. The first-order valence-electron chi connectivity index (χ1n) is 10.6. The number of benzene rings is 2. The zero-order chi connectivity index (χ0) is 21.1. The lowest BCUT2D eigenvalue weighted by molar-refractivity contribution is -0.134. The summed E-state index contributed by atoms with van der Waals surface area (Å²) >= 11 is 0. The number of rotatable bonds is 6. The van der Waals surface area contributed by atoms with Crippen molar-refractivity contribution in [1.82, 2.24) is 19.4 Å². The third-order valence-corrected chi connectivity index (χ3v) is 5.89. The van der Waals surface area contributed by atoms with Crippen molar-refractivity contribution in [3.05, 3.63) is 59.9 Å². The molecule has 1 atom stereocenters. The first-order valence-corrected chi connectivity index (χ1v) is 10.6. The average Bonchev–Trinajstić information content (AvgIpc) is 3.10. The van der Waals surface area contributed by atoms with Gasteiger partial charge in [-0.1, -0.05) is 24.3 Å². The molecule has 0 unspecified atom stereocenters. The Hall–Kier alpha value is -2.86. The number of amides is 1. The number of likely N-dealkylation sites (tertiary alicyclic amines) is 1. The normalized spacial score (nSPS) is 17.2. The van der Waals surface area contributed by atoms with Crippen molar-refractivity contribution in [2.45, 2.75) is 25.9 Å². The molecule has 6 heteroatoms. The first kappa shape index (κ1) is 20.4. The van der Waals surface area contributed by atoms with Crippen molar-refractivity contribution in [3.8, 4) is 5.75 Å². The van der Waals surface area contributed by atoms with Crippen LogP contribution in [0.2, 0.25) is 0 Å². The number of carbonyl (C=O) groups is 1. The van der Waals surface area contributed by atoms with Crippen LogP contribution in [-0.2, 0) is 17.9 Å².